The molecule has 1 N–H and O–H groups in total. The molecule has 1 unspecified atom stereocenters. The second-order valence-corrected chi connectivity index (χ2v) is 11.2. The molecular formula is C26H37F14N2O6+. The molecule has 284 valence electrons. The number of rotatable bonds is 25. The second kappa shape index (κ2) is 18.4. The lowest BCUT2D eigenvalue weighted by Gasteiger charge is -2.39. The summed E-state index contributed by atoms with van der Waals surface area (Å²) in [5.41, 5.74) is 0. The van der Waals surface area contributed by atoms with Crippen molar-refractivity contribution in [1.29, 1.82) is 0 Å². The molecule has 1 atom stereocenters. The van der Waals surface area contributed by atoms with Crippen molar-refractivity contribution in [2.24, 2.45) is 0 Å². The third kappa shape index (κ3) is 12.3. The van der Waals surface area contributed by atoms with E-state index in [1.807, 2.05) is 0 Å². The molecule has 0 radical (unpaired) electrons. The van der Waals surface area contributed by atoms with Crippen LogP contribution in [0.25, 0.3) is 0 Å². The first-order valence-corrected chi connectivity index (χ1v) is 14.2. The van der Waals surface area contributed by atoms with Gasteiger partial charge in [-0.05, 0) is 12.8 Å². The monoisotopic (exact) mass is 739 g/mol. The zero-order valence-electron chi connectivity index (χ0n) is 25.7. The van der Waals surface area contributed by atoms with Crippen molar-refractivity contribution in [3.05, 3.63) is 0 Å². The van der Waals surface area contributed by atoms with Gasteiger partial charge in [0, 0.05) is 6.54 Å². The molecule has 0 aliphatic heterocycles. The van der Waals surface area contributed by atoms with Gasteiger partial charge in [0.2, 0.25) is 6.73 Å². The van der Waals surface area contributed by atoms with Crippen molar-refractivity contribution in [3.63, 3.8) is 0 Å². The Bertz CT molecular complexity index is 1010. The third-order valence-electron chi connectivity index (χ3n) is 6.71. The summed E-state index contributed by atoms with van der Waals surface area (Å²) in [6, 6.07) is -1.78. The van der Waals surface area contributed by atoms with Gasteiger partial charge >= 0.3 is 47.7 Å². The van der Waals surface area contributed by atoms with Crippen LogP contribution >= 0.6 is 0 Å². The first-order chi connectivity index (χ1) is 21.8. The zero-order chi connectivity index (χ0) is 37.7. The van der Waals surface area contributed by atoms with E-state index >= 15 is 0 Å². The highest BCUT2D eigenvalue weighted by Gasteiger charge is 2.90. The molecule has 0 bridgehead atoms. The van der Waals surface area contributed by atoms with E-state index in [4.69, 9.17) is 4.74 Å². The molecular weight excluding hydrogens is 702 g/mol. The Morgan fingerprint density at radius 1 is 0.729 bits per heavy atom. The van der Waals surface area contributed by atoms with E-state index in [-0.39, 0.29) is 37.4 Å². The number of ether oxygens (including phenoxy) is 3. The lowest BCUT2D eigenvalue weighted by atomic mass is 9.93. The third-order valence-corrected chi connectivity index (χ3v) is 6.71. The predicted octanol–water partition coefficient (Wildman–Crippen LogP) is 6.07. The topological polar surface area (TPSA) is 90.9 Å². The summed E-state index contributed by atoms with van der Waals surface area (Å²) in [6.07, 6.45) is -7.80. The fraction of sp³-hybridized carbons (Fsp3) is 0.885. The lowest BCUT2D eigenvalue weighted by Crippen LogP contribution is -2.70. The second-order valence-electron chi connectivity index (χ2n) is 11.2. The Balaban J connectivity index is 5.57. The molecule has 0 aromatic carbocycles. The molecule has 0 rings (SSSR count). The molecule has 0 saturated heterocycles. The fourth-order valence-electron chi connectivity index (χ4n) is 3.73. The van der Waals surface area contributed by atoms with E-state index in [9.17, 15) is 75.8 Å². The first kappa shape index (κ1) is 45.3. The molecule has 0 fully saturated rings. The quantitative estimate of drug-likeness (QED) is 0.0232. The number of carbonyl (C=O) groups is 3. The Morgan fingerprint density at radius 2 is 1.25 bits per heavy atom. The van der Waals surface area contributed by atoms with Crippen LogP contribution in [0, 0.1) is 0 Å². The van der Waals surface area contributed by atoms with Gasteiger partial charge in [-0.1, -0.05) is 25.7 Å². The van der Waals surface area contributed by atoms with Gasteiger partial charge in [0.15, 0.2) is 0 Å². The van der Waals surface area contributed by atoms with Crippen LogP contribution in [-0.4, -0.2) is 119 Å². The number of quaternary nitrogens is 1. The highest BCUT2D eigenvalue weighted by atomic mass is 19.4. The number of carbonyl (C=O) groups excluding carboxylic acids is 3. The standard InChI is InChI=1S/C26H37F14N2O6/c1-42(2,16-46-17-43)12-11-41-18(15-19(44)47-13-8-6-4-3-5-7-10-27)20(45)48-14-9-21(28,29)22(30,31)23(32,33)24(34,35)25(36,37)26(38,39)40/h17-18,41H,3-16H2,1-2H3/q+1. The van der Waals surface area contributed by atoms with Gasteiger partial charge in [-0.3, -0.25) is 28.6 Å². The number of nitrogens with zero attached hydrogens (tertiary/aromatic N) is 1. The molecule has 0 aromatic rings. The minimum absolute atomic E-state index is 0.0448. The number of esters is 2. The first-order valence-electron chi connectivity index (χ1n) is 14.2. The Morgan fingerprint density at radius 3 is 1.77 bits per heavy atom. The van der Waals surface area contributed by atoms with E-state index in [2.05, 4.69) is 14.8 Å². The maximum absolute atomic E-state index is 14.1. The number of hydrogen-bond acceptors (Lipinski definition) is 7. The van der Waals surface area contributed by atoms with Gasteiger partial charge in [-0.25, -0.2) is 0 Å². The van der Waals surface area contributed by atoms with Crippen LogP contribution in [0.5, 0.6) is 0 Å². The lowest BCUT2D eigenvalue weighted by molar-refractivity contribution is -0.905. The summed E-state index contributed by atoms with van der Waals surface area (Å²) < 4.78 is 199. The molecule has 48 heavy (non-hydrogen) atoms. The van der Waals surface area contributed by atoms with E-state index < -0.39 is 79.9 Å². The van der Waals surface area contributed by atoms with Gasteiger partial charge < -0.3 is 14.2 Å². The number of unbranched alkanes of at least 4 members (excludes halogenated alkanes) is 5. The van der Waals surface area contributed by atoms with Gasteiger partial charge in [-0.2, -0.15) is 57.1 Å². The van der Waals surface area contributed by atoms with Gasteiger partial charge in [0.25, 0.3) is 6.47 Å². The summed E-state index contributed by atoms with van der Waals surface area (Å²) in [5, 5.41) is 2.46. The van der Waals surface area contributed by atoms with Crippen molar-refractivity contribution in [2.45, 2.75) is 93.2 Å². The molecule has 0 aromatic heterocycles. The highest BCUT2D eigenvalue weighted by molar-refractivity contribution is 5.82. The van der Waals surface area contributed by atoms with Gasteiger partial charge in [0.05, 0.1) is 53.4 Å². The summed E-state index contributed by atoms with van der Waals surface area (Å²) in [7, 11) is 3.08. The summed E-state index contributed by atoms with van der Waals surface area (Å²) in [4.78, 5) is 35.2. The number of nitrogens with one attached hydrogen (secondary N) is 1. The van der Waals surface area contributed by atoms with Crippen LogP contribution in [0.15, 0.2) is 0 Å². The largest absolute Gasteiger partial charge is 0.466 e. The molecule has 0 spiro atoms. The molecule has 0 amide bonds. The van der Waals surface area contributed by atoms with Crippen LogP contribution < -0.4 is 5.32 Å². The molecule has 0 heterocycles. The maximum atomic E-state index is 14.1. The number of likely N-dealkylation sites (N-methyl/N-ethyl adjacent to an activating group) is 1. The summed E-state index contributed by atoms with van der Waals surface area (Å²) >= 11 is 0. The highest BCUT2D eigenvalue weighted by Crippen LogP contribution is 2.60. The van der Waals surface area contributed by atoms with Crippen molar-refractivity contribution in [3.8, 4) is 0 Å². The Labute approximate surface area is 266 Å². The van der Waals surface area contributed by atoms with Crippen LogP contribution in [0.1, 0.15) is 51.4 Å². The van der Waals surface area contributed by atoms with E-state index in [1.165, 1.54) is 14.1 Å². The molecule has 8 nitrogen and oxygen atoms in total. The predicted molar refractivity (Wildman–Crippen MR) is 136 cm³/mol. The smallest absolute Gasteiger partial charge is 0.460 e. The molecule has 0 aliphatic rings. The Kier molecular flexibility index (Phi) is 17.4. The minimum atomic E-state index is -8.06. The Hall–Kier alpha value is -2.65. The van der Waals surface area contributed by atoms with Crippen LogP contribution in [0.3, 0.4) is 0 Å². The SMILES string of the molecule is C[N+](C)(CCNC(CC(=O)OCCCCCCCCF)C(=O)OCCC(F)(F)C(F)(F)C(F)(F)C(F)(F)C(F)(F)C(F)(F)F)COC=O. The van der Waals surface area contributed by atoms with Crippen molar-refractivity contribution in [2.75, 3.05) is 53.8 Å². The van der Waals surface area contributed by atoms with E-state index in [1.54, 1.807) is 0 Å². The normalized spacial score (nSPS) is 14.4. The minimum Gasteiger partial charge on any atom is -0.466 e. The molecule has 0 saturated carbocycles. The summed E-state index contributed by atoms with van der Waals surface area (Å²) in [5.74, 6) is -40.6. The number of hydrogen-bond donors (Lipinski definition) is 1. The fourth-order valence-corrected chi connectivity index (χ4v) is 3.73. The van der Waals surface area contributed by atoms with E-state index in [0.29, 0.717) is 38.5 Å². The summed E-state index contributed by atoms with van der Waals surface area (Å²) in [6.45, 7) is -2.80. The molecule has 22 heteroatoms. The number of halogens is 14. The zero-order valence-corrected chi connectivity index (χ0v) is 25.7. The average Bonchev–Trinajstić information content (AvgIpc) is 2.95. The van der Waals surface area contributed by atoms with Crippen LogP contribution in [0.2, 0.25) is 0 Å². The van der Waals surface area contributed by atoms with E-state index in [0.717, 1.165) is 0 Å². The van der Waals surface area contributed by atoms with Gasteiger partial charge in [0.1, 0.15) is 6.04 Å². The molecule has 0 aliphatic carbocycles. The van der Waals surface area contributed by atoms with Gasteiger partial charge in [-0.15, -0.1) is 0 Å². The maximum Gasteiger partial charge on any atom is 0.460 e. The number of alkyl halides is 14. The van der Waals surface area contributed by atoms with Crippen LogP contribution in [0.4, 0.5) is 61.5 Å². The average molecular weight is 740 g/mol. The van der Waals surface area contributed by atoms with Crippen molar-refractivity contribution in [1.82, 2.24) is 5.32 Å². The van der Waals surface area contributed by atoms with Crippen molar-refractivity contribution >= 4 is 18.4 Å². The van der Waals surface area contributed by atoms with Crippen LogP contribution in [-0.2, 0) is 28.6 Å². The van der Waals surface area contributed by atoms with Crippen molar-refractivity contribution < 1.29 is 94.5 Å².